The fourth-order valence-corrected chi connectivity index (χ4v) is 3.00. The number of rotatable bonds is 7. The van der Waals surface area contributed by atoms with Crippen molar-refractivity contribution in [3.05, 3.63) is 64.7 Å². The van der Waals surface area contributed by atoms with Gasteiger partial charge in [-0.05, 0) is 50.5 Å². The molecule has 2 aromatic carbocycles. The summed E-state index contributed by atoms with van der Waals surface area (Å²) in [7, 11) is 0. The smallest absolute Gasteiger partial charge is 0.221 e. The minimum absolute atomic E-state index is 0.0722. The molecule has 3 N–H and O–H groups in total. The molecule has 0 spiro atoms. The maximum Gasteiger partial charge on any atom is 0.221 e. The summed E-state index contributed by atoms with van der Waals surface area (Å²) in [5, 5.41) is 9.47. The van der Waals surface area contributed by atoms with Crippen molar-refractivity contribution in [2.45, 2.75) is 40.7 Å². The van der Waals surface area contributed by atoms with Gasteiger partial charge >= 0.3 is 0 Å². The zero-order valence-electron chi connectivity index (χ0n) is 16.7. The van der Waals surface area contributed by atoms with Crippen molar-refractivity contribution >= 4 is 17.6 Å². The van der Waals surface area contributed by atoms with Gasteiger partial charge in [-0.15, -0.1) is 0 Å². The highest BCUT2D eigenvalue weighted by atomic mass is 16.1. The number of hydrogen-bond acceptors (Lipinski definition) is 2. The van der Waals surface area contributed by atoms with Gasteiger partial charge in [-0.25, -0.2) is 4.99 Å². The van der Waals surface area contributed by atoms with E-state index < -0.39 is 0 Å². The van der Waals surface area contributed by atoms with E-state index in [9.17, 15) is 4.79 Å². The van der Waals surface area contributed by atoms with E-state index in [2.05, 4.69) is 59.9 Å². The first-order valence-corrected chi connectivity index (χ1v) is 9.42. The number of nitrogens with one attached hydrogen (secondary N) is 3. The quantitative estimate of drug-likeness (QED) is 0.518. The first-order chi connectivity index (χ1) is 13.0. The lowest BCUT2D eigenvalue weighted by Crippen LogP contribution is -2.38. The molecule has 0 radical (unpaired) electrons. The average molecular weight is 367 g/mol. The van der Waals surface area contributed by atoms with Gasteiger partial charge in [0.05, 0.1) is 6.54 Å². The van der Waals surface area contributed by atoms with Gasteiger partial charge in [0.1, 0.15) is 0 Å². The van der Waals surface area contributed by atoms with Crippen LogP contribution in [0.1, 0.15) is 36.1 Å². The van der Waals surface area contributed by atoms with E-state index in [1.54, 1.807) is 0 Å². The number of guanidine groups is 1. The summed E-state index contributed by atoms with van der Waals surface area (Å²) in [5.74, 6) is 0.726. The average Bonchev–Trinajstić information content (AvgIpc) is 2.58. The molecule has 0 unspecified atom stereocenters. The van der Waals surface area contributed by atoms with E-state index in [0.29, 0.717) is 6.54 Å². The highest BCUT2D eigenvalue weighted by molar-refractivity contribution is 5.88. The third kappa shape index (κ3) is 7.52. The Balaban J connectivity index is 1.94. The van der Waals surface area contributed by atoms with Gasteiger partial charge in [-0.2, -0.15) is 0 Å². The predicted octanol–water partition coefficient (Wildman–Crippen LogP) is 3.56. The normalized spacial score (nSPS) is 11.2. The molecule has 5 heteroatoms. The molecule has 0 aliphatic heterocycles. The van der Waals surface area contributed by atoms with Crippen LogP contribution < -0.4 is 16.0 Å². The number of carbonyl (C=O) groups is 1. The van der Waals surface area contributed by atoms with Crippen LogP contribution in [0.25, 0.3) is 0 Å². The molecule has 5 nitrogen and oxygen atoms in total. The lowest BCUT2D eigenvalue weighted by molar-refractivity contribution is -0.114. The first kappa shape index (κ1) is 20.5. The minimum atomic E-state index is -0.0722. The molecule has 0 bridgehead atoms. The Morgan fingerprint density at radius 1 is 1.00 bits per heavy atom. The number of amides is 1. The molecule has 0 aliphatic rings. The molecule has 2 rings (SSSR count). The van der Waals surface area contributed by atoms with Crippen LogP contribution in [0.3, 0.4) is 0 Å². The number of anilines is 1. The molecule has 0 heterocycles. The molecule has 0 atom stereocenters. The van der Waals surface area contributed by atoms with E-state index in [1.165, 1.54) is 23.6 Å². The molecule has 0 fully saturated rings. The maximum absolute atomic E-state index is 11.2. The fraction of sp³-hybridized carbons (Fsp3) is 0.364. The number of aliphatic imine (C=N–C) groups is 1. The Bertz CT molecular complexity index is 778. The SMILES string of the molecule is CCNC(=NCc1cccc(NC(C)=O)c1)NCCc1cc(C)cc(C)c1. The molecule has 27 heavy (non-hydrogen) atoms. The maximum atomic E-state index is 11.2. The van der Waals surface area contributed by atoms with Crippen molar-refractivity contribution in [1.82, 2.24) is 10.6 Å². The number of hydrogen-bond donors (Lipinski definition) is 3. The highest BCUT2D eigenvalue weighted by Gasteiger charge is 2.01. The molecule has 0 saturated carbocycles. The second-order valence-corrected chi connectivity index (χ2v) is 6.75. The van der Waals surface area contributed by atoms with Gasteiger partial charge in [0.15, 0.2) is 5.96 Å². The molecule has 2 aromatic rings. The second-order valence-electron chi connectivity index (χ2n) is 6.75. The largest absolute Gasteiger partial charge is 0.357 e. The van der Waals surface area contributed by atoms with Crippen LogP contribution in [-0.2, 0) is 17.8 Å². The van der Waals surface area contributed by atoms with Crippen LogP contribution in [0.4, 0.5) is 5.69 Å². The number of carbonyl (C=O) groups excluding carboxylic acids is 1. The van der Waals surface area contributed by atoms with Crippen molar-refractivity contribution in [2.24, 2.45) is 4.99 Å². The Labute approximate surface area is 162 Å². The predicted molar refractivity (Wildman–Crippen MR) is 113 cm³/mol. The van der Waals surface area contributed by atoms with Gasteiger partial charge in [-0.1, -0.05) is 41.5 Å². The monoisotopic (exact) mass is 366 g/mol. The number of nitrogens with zero attached hydrogens (tertiary/aromatic N) is 1. The summed E-state index contributed by atoms with van der Waals surface area (Å²) in [5.41, 5.74) is 5.77. The molecule has 1 amide bonds. The molecule has 0 saturated heterocycles. The zero-order valence-corrected chi connectivity index (χ0v) is 16.7. The minimum Gasteiger partial charge on any atom is -0.357 e. The Morgan fingerprint density at radius 2 is 1.74 bits per heavy atom. The van der Waals surface area contributed by atoms with E-state index in [0.717, 1.165) is 36.7 Å². The van der Waals surface area contributed by atoms with Gasteiger partial charge in [0.2, 0.25) is 5.91 Å². The van der Waals surface area contributed by atoms with Gasteiger partial charge in [0.25, 0.3) is 0 Å². The fourth-order valence-electron chi connectivity index (χ4n) is 3.00. The Hall–Kier alpha value is -2.82. The van der Waals surface area contributed by atoms with Crippen LogP contribution in [0.15, 0.2) is 47.5 Å². The second kappa shape index (κ2) is 10.4. The molecule has 0 aromatic heterocycles. The number of benzene rings is 2. The van der Waals surface area contributed by atoms with Crippen LogP contribution in [0.5, 0.6) is 0 Å². The van der Waals surface area contributed by atoms with Gasteiger partial charge in [0, 0.05) is 25.7 Å². The van der Waals surface area contributed by atoms with E-state index in [1.807, 2.05) is 24.3 Å². The van der Waals surface area contributed by atoms with Crippen molar-refractivity contribution in [3.8, 4) is 0 Å². The highest BCUT2D eigenvalue weighted by Crippen LogP contribution is 2.12. The summed E-state index contributed by atoms with van der Waals surface area (Å²) in [6, 6.07) is 14.4. The topological polar surface area (TPSA) is 65.5 Å². The summed E-state index contributed by atoms with van der Waals surface area (Å²) in [6.45, 7) is 10.00. The van der Waals surface area contributed by atoms with Gasteiger partial charge in [-0.3, -0.25) is 4.79 Å². The van der Waals surface area contributed by atoms with Crippen LogP contribution in [0.2, 0.25) is 0 Å². The van der Waals surface area contributed by atoms with Crippen LogP contribution in [0, 0.1) is 13.8 Å². The molecule has 144 valence electrons. The summed E-state index contributed by atoms with van der Waals surface area (Å²) in [4.78, 5) is 15.8. The van der Waals surface area contributed by atoms with Crippen molar-refractivity contribution in [2.75, 3.05) is 18.4 Å². The van der Waals surface area contributed by atoms with E-state index in [-0.39, 0.29) is 5.91 Å². The van der Waals surface area contributed by atoms with Crippen molar-refractivity contribution < 1.29 is 4.79 Å². The van der Waals surface area contributed by atoms with Crippen molar-refractivity contribution in [3.63, 3.8) is 0 Å². The summed E-state index contributed by atoms with van der Waals surface area (Å²) in [6.07, 6.45) is 0.949. The Morgan fingerprint density at radius 3 is 2.41 bits per heavy atom. The summed E-state index contributed by atoms with van der Waals surface area (Å²) >= 11 is 0. The van der Waals surface area contributed by atoms with E-state index in [4.69, 9.17) is 0 Å². The molecule has 0 aliphatic carbocycles. The third-order valence-corrected chi connectivity index (χ3v) is 4.00. The lowest BCUT2D eigenvalue weighted by Gasteiger charge is -2.12. The molecular formula is C22H30N4O. The van der Waals surface area contributed by atoms with Gasteiger partial charge < -0.3 is 16.0 Å². The standard InChI is InChI=1S/C22H30N4O/c1-5-23-22(24-10-9-19-12-16(2)11-17(3)13-19)25-15-20-7-6-8-21(14-20)26-18(4)27/h6-8,11-14H,5,9-10,15H2,1-4H3,(H,26,27)(H2,23,24,25). The van der Waals surface area contributed by atoms with Crippen molar-refractivity contribution in [1.29, 1.82) is 0 Å². The third-order valence-electron chi connectivity index (χ3n) is 4.00. The molecular weight excluding hydrogens is 336 g/mol. The first-order valence-electron chi connectivity index (χ1n) is 9.42. The van der Waals surface area contributed by atoms with Crippen LogP contribution in [-0.4, -0.2) is 25.0 Å². The van der Waals surface area contributed by atoms with Crippen LogP contribution >= 0.6 is 0 Å². The Kier molecular flexibility index (Phi) is 7.86. The lowest BCUT2D eigenvalue weighted by atomic mass is 10.1. The number of aryl methyl sites for hydroxylation is 2. The zero-order chi connectivity index (χ0) is 19.6. The van der Waals surface area contributed by atoms with E-state index >= 15 is 0 Å². The summed E-state index contributed by atoms with van der Waals surface area (Å²) < 4.78 is 0.